The van der Waals surface area contributed by atoms with Crippen molar-refractivity contribution < 1.29 is 32.6 Å². The fourth-order valence-corrected chi connectivity index (χ4v) is 2.76. The van der Waals surface area contributed by atoms with Crippen LogP contribution in [0.3, 0.4) is 0 Å². The van der Waals surface area contributed by atoms with E-state index in [-0.39, 0.29) is 4.90 Å². The molecule has 124 valence electrons. The van der Waals surface area contributed by atoms with Crippen LogP contribution in [0.15, 0.2) is 40.7 Å². The molecule has 0 bridgehead atoms. The summed E-state index contributed by atoms with van der Waals surface area (Å²) in [6.45, 7) is 4.46. The van der Waals surface area contributed by atoms with E-state index in [9.17, 15) is 23.1 Å². The van der Waals surface area contributed by atoms with E-state index in [1.165, 1.54) is 26.0 Å². The smallest absolute Gasteiger partial charge is 0.354 e. The quantitative estimate of drug-likeness (QED) is 0.618. The van der Waals surface area contributed by atoms with E-state index in [1.807, 2.05) is 0 Å². The van der Waals surface area contributed by atoms with Gasteiger partial charge in [0.15, 0.2) is 0 Å². The molecule has 0 radical (unpaired) electrons. The van der Waals surface area contributed by atoms with Crippen molar-refractivity contribution in [1.29, 1.82) is 0 Å². The summed E-state index contributed by atoms with van der Waals surface area (Å²) in [5.74, 6) is -4.98. The summed E-state index contributed by atoms with van der Waals surface area (Å²) in [7, 11) is -4.21. The second-order valence-electron chi connectivity index (χ2n) is 5.32. The minimum atomic E-state index is -4.21. The lowest BCUT2D eigenvalue weighted by atomic mass is 10.2. The highest BCUT2D eigenvalue weighted by atomic mass is 32.2. The maximum Gasteiger partial charge on any atom is 0.354 e. The summed E-state index contributed by atoms with van der Waals surface area (Å²) in [5.41, 5.74) is -0.0814. The van der Waals surface area contributed by atoms with Gasteiger partial charge in [-0.2, -0.15) is 0 Å². The van der Waals surface area contributed by atoms with E-state index in [0.29, 0.717) is 0 Å². The minimum Gasteiger partial charge on any atom is -0.480 e. The monoisotopic (exact) mass is 341 g/mol. The molecule has 0 saturated heterocycles. The molecule has 1 aromatic carbocycles. The van der Waals surface area contributed by atoms with Gasteiger partial charge in [-0.3, -0.25) is 4.79 Å². The minimum absolute atomic E-state index is 0.165. The molecule has 1 aliphatic rings. The molecule has 2 N–H and O–H groups in total. The van der Waals surface area contributed by atoms with Gasteiger partial charge in [-0.05, 0) is 19.1 Å². The van der Waals surface area contributed by atoms with Crippen molar-refractivity contribution in [2.24, 2.45) is 0 Å². The van der Waals surface area contributed by atoms with Crippen LogP contribution in [-0.4, -0.2) is 31.2 Å². The average molecular weight is 341 g/mol. The first-order chi connectivity index (χ1) is 10.5. The SMILES string of the molecule is Cc1ccc(S(=O)(=O)NC(=O)C2=C(O)OC(C)(C)OC2=O)cc1. The van der Waals surface area contributed by atoms with Crippen LogP contribution in [0.25, 0.3) is 0 Å². The molecule has 0 saturated carbocycles. The average Bonchev–Trinajstić information content (AvgIpc) is 2.35. The van der Waals surface area contributed by atoms with Gasteiger partial charge in [-0.15, -0.1) is 0 Å². The molecule has 0 fully saturated rings. The molecule has 0 aromatic heterocycles. The summed E-state index contributed by atoms with van der Waals surface area (Å²) in [5, 5.41) is 9.65. The number of hydrogen-bond donors (Lipinski definition) is 2. The first-order valence-electron chi connectivity index (χ1n) is 6.51. The van der Waals surface area contributed by atoms with Crippen molar-refractivity contribution in [3.63, 3.8) is 0 Å². The van der Waals surface area contributed by atoms with Gasteiger partial charge in [0, 0.05) is 13.8 Å². The van der Waals surface area contributed by atoms with Gasteiger partial charge in [0.2, 0.25) is 5.57 Å². The highest BCUT2D eigenvalue weighted by Gasteiger charge is 2.40. The summed E-state index contributed by atoms with van der Waals surface area (Å²) >= 11 is 0. The van der Waals surface area contributed by atoms with Crippen molar-refractivity contribution in [2.75, 3.05) is 0 Å². The molecule has 0 atom stereocenters. The molecule has 1 amide bonds. The lowest BCUT2D eigenvalue weighted by Crippen LogP contribution is -2.42. The lowest BCUT2D eigenvalue weighted by molar-refractivity contribution is -0.221. The zero-order valence-electron chi connectivity index (χ0n) is 12.6. The number of esters is 1. The second-order valence-corrected chi connectivity index (χ2v) is 7.00. The van der Waals surface area contributed by atoms with E-state index < -0.39 is 39.2 Å². The number of rotatable bonds is 3. The Morgan fingerprint density at radius 1 is 1.17 bits per heavy atom. The summed E-state index contributed by atoms with van der Waals surface area (Å²) < 4.78 is 35.5. The molecule has 1 aliphatic heterocycles. The van der Waals surface area contributed by atoms with Crippen LogP contribution in [0.1, 0.15) is 19.4 Å². The van der Waals surface area contributed by atoms with E-state index >= 15 is 0 Å². The van der Waals surface area contributed by atoms with Crippen LogP contribution in [-0.2, 0) is 29.1 Å². The van der Waals surface area contributed by atoms with Crippen molar-refractivity contribution in [3.8, 4) is 0 Å². The van der Waals surface area contributed by atoms with E-state index in [0.717, 1.165) is 5.56 Å². The van der Waals surface area contributed by atoms with E-state index in [1.54, 1.807) is 23.8 Å². The Morgan fingerprint density at radius 2 is 1.74 bits per heavy atom. The number of carbonyl (C=O) groups is 2. The molecule has 0 spiro atoms. The van der Waals surface area contributed by atoms with Crippen LogP contribution in [0.2, 0.25) is 0 Å². The standard InChI is InChI=1S/C14H15NO7S/c1-8-4-6-9(7-5-8)23(19,20)15-11(16)10-12(17)21-14(2,3)22-13(10)18/h4-7,17H,1-3H3,(H,15,16). The molecule has 9 heteroatoms. The number of carbonyl (C=O) groups excluding carboxylic acids is 2. The zero-order valence-corrected chi connectivity index (χ0v) is 13.4. The van der Waals surface area contributed by atoms with Gasteiger partial charge in [0.05, 0.1) is 4.90 Å². The largest absolute Gasteiger partial charge is 0.480 e. The zero-order chi connectivity index (χ0) is 17.4. The van der Waals surface area contributed by atoms with Gasteiger partial charge in [-0.25, -0.2) is 17.9 Å². The fourth-order valence-electron chi connectivity index (χ4n) is 1.81. The number of aryl methyl sites for hydroxylation is 1. The first-order valence-corrected chi connectivity index (χ1v) is 7.99. The van der Waals surface area contributed by atoms with Crippen LogP contribution in [0.5, 0.6) is 0 Å². The third-order valence-electron chi connectivity index (χ3n) is 2.88. The molecule has 2 rings (SSSR count). The fraction of sp³-hybridized carbons (Fsp3) is 0.286. The number of ether oxygens (including phenoxy) is 2. The number of aliphatic hydroxyl groups is 1. The number of amides is 1. The maximum atomic E-state index is 12.1. The number of hydrogen-bond acceptors (Lipinski definition) is 7. The number of aliphatic hydroxyl groups excluding tert-OH is 1. The predicted octanol–water partition coefficient (Wildman–Crippen LogP) is 0.879. The van der Waals surface area contributed by atoms with Gasteiger partial charge >= 0.3 is 11.9 Å². The summed E-state index contributed by atoms with van der Waals surface area (Å²) in [4.78, 5) is 23.6. The normalized spacial score (nSPS) is 17.3. The van der Waals surface area contributed by atoms with Gasteiger partial charge in [0.1, 0.15) is 0 Å². The van der Waals surface area contributed by atoms with Crippen molar-refractivity contribution in [1.82, 2.24) is 4.72 Å². The van der Waals surface area contributed by atoms with Crippen molar-refractivity contribution in [3.05, 3.63) is 41.3 Å². The molecule has 1 heterocycles. The highest BCUT2D eigenvalue weighted by molar-refractivity contribution is 7.90. The Balaban J connectivity index is 2.28. The molecule has 23 heavy (non-hydrogen) atoms. The summed E-state index contributed by atoms with van der Waals surface area (Å²) in [6.07, 6.45) is 0. The topological polar surface area (TPSA) is 119 Å². The first kappa shape index (κ1) is 16.8. The number of cyclic esters (lactones) is 1. The van der Waals surface area contributed by atoms with Crippen molar-refractivity contribution >= 4 is 21.9 Å². The van der Waals surface area contributed by atoms with Crippen LogP contribution in [0, 0.1) is 6.92 Å². The summed E-state index contributed by atoms with van der Waals surface area (Å²) in [6, 6.07) is 5.71. The predicted molar refractivity (Wildman–Crippen MR) is 77.4 cm³/mol. The van der Waals surface area contributed by atoms with Crippen LogP contribution >= 0.6 is 0 Å². The third kappa shape index (κ3) is 3.62. The number of sulfonamides is 1. The third-order valence-corrected chi connectivity index (χ3v) is 4.23. The number of nitrogens with one attached hydrogen (secondary N) is 1. The number of benzene rings is 1. The van der Waals surface area contributed by atoms with Gasteiger partial charge in [0.25, 0.3) is 21.7 Å². The second kappa shape index (κ2) is 5.58. The molecule has 0 unspecified atom stereocenters. The van der Waals surface area contributed by atoms with E-state index in [2.05, 4.69) is 0 Å². The Bertz CT molecular complexity index is 791. The molecule has 1 aromatic rings. The molecule has 0 aliphatic carbocycles. The van der Waals surface area contributed by atoms with Gasteiger partial charge < -0.3 is 14.6 Å². The molecular formula is C14H15NO7S. The Kier molecular flexibility index (Phi) is 4.08. The molecule has 8 nitrogen and oxygen atoms in total. The van der Waals surface area contributed by atoms with E-state index in [4.69, 9.17) is 9.47 Å². The Labute approximate surface area is 132 Å². The Hall–Kier alpha value is -2.55. The Morgan fingerprint density at radius 3 is 2.26 bits per heavy atom. The van der Waals surface area contributed by atoms with Crippen LogP contribution in [0.4, 0.5) is 0 Å². The van der Waals surface area contributed by atoms with Crippen molar-refractivity contribution in [2.45, 2.75) is 31.5 Å². The highest BCUT2D eigenvalue weighted by Crippen LogP contribution is 2.25. The maximum absolute atomic E-state index is 12.1. The molecular weight excluding hydrogens is 326 g/mol. The lowest BCUT2D eigenvalue weighted by Gasteiger charge is -2.30. The van der Waals surface area contributed by atoms with Gasteiger partial charge in [-0.1, -0.05) is 17.7 Å². The van der Waals surface area contributed by atoms with Crippen LogP contribution < -0.4 is 4.72 Å².